The van der Waals surface area contributed by atoms with E-state index in [1.165, 1.54) is 7.11 Å². The molecule has 1 aliphatic rings. The highest BCUT2D eigenvalue weighted by Crippen LogP contribution is 2.58. The van der Waals surface area contributed by atoms with Crippen LogP contribution in [0.4, 0.5) is 0 Å². The fourth-order valence-corrected chi connectivity index (χ4v) is 4.92. The average Bonchev–Trinajstić information content (AvgIpc) is 3.18. The van der Waals surface area contributed by atoms with Crippen LogP contribution in [0.2, 0.25) is 0 Å². The minimum absolute atomic E-state index is 0.149. The van der Waals surface area contributed by atoms with Crippen molar-refractivity contribution in [2.45, 2.75) is 24.9 Å². The number of nitrogens with zero attached hydrogens (tertiary/aromatic N) is 2. The van der Waals surface area contributed by atoms with Gasteiger partial charge in [-0.05, 0) is 30.0 Å². The van der Waals surface area contributed by atoms with Crippen molar-refractivity contribution in [2.24, 2.45) is 12.5 Å². The van der Waals surface area contributed by atoms with Crippen molar-refractivity contribution in [3.05, 3.63) is 71.4 Å². The minimum Gasteiger partial charge on any atom is -0.468 e. The van der Waals surface area contributed by atoms with E-state index in [9.17, 15) is 15.2 Å². The molecule has 4 rings (SSSR count). The highest BCUT2D eigenvalue weighted by Gasteiger charge is 2.64. The number of fused-ring (bicyclic) bond motifs is 3. The van der Waals surface area contributed by atoms with Crippen molar-refractivity contribution in [2.75, 3.05) is 7.11 Å². The first-order valence-electron chi connectivity index (χ1n) is 9.31. The van der Waals surface area contributed by atoms with Gasteiger partial charge in [-0.2, -0.15) is 5.26 Å². The number of para-hydroxylation sites is 1. The van der Waals surface area contributed by atoms with Crippen LogP contribution in [-0.4, -0.2) is 22.8 Å². The van der Waals surface area contributed by atoms with Gasteiger partial charge >= 0.3 is 5.97 Å². The zero-order chi connectivity index (χ0) is 19.9. The van der Waals surface area contributed by atoms with Crippen LogP contribution >= 0.6 is 0 Å². The second-order valence-electron chi connectivity index (χ2n) is 7.39. The van der Waals surface area contributed by atoms with Gasteiger partial charge < -0.3 is 14.4 Å². The Balaban J connectivity index is 2.09. The number of aromatic nitrogens is 1. The maximum absolute atomic E-state index is 13.1. The highest BCUT2D eigenvalue weighted by atomic mass is 16.5. The molecule has 0 saturated heterocycles. The molecule has 3 aromatic rings. The number of hydrogen-bond donors (Lipinski definition) is 1. The Morgan fingerprint density at radius 2 is 1.89 bits per heavy atom. The predicted octanol–water partition coefficient (Wildman–Crippen LogP) is 3.43. The van der Waals surface area contributed by atoms with Crippen LogP contribution in [0.5, 0.6) is 0 Å². The molecule has 1 aliphatic carbocycles. The fraction of sp³-hybridized carbons (Fsp3) is 0.304. The maximum Gasteiger partial charge on any atom is 0.315 e. The molecule has 0 amide bonds. The summed E-state index contributed by atoms with van der Waals surface area (Å²) in [6.45, 7) is 0. The van der Waals surface area contributed by atoms with Crippen molar-refractivity contribution >= 4 is 16.9 Å². The van der Waals surface area contributed by atoms with Gasteiger partial charge in [0.05, 0.1) is 18.9 Å². The van der Waals surface area contributed by atoms with Crippen LogP contribution in [-0.2, 0) is 28.6 Å². The van der Waals surface area contributed by atoms with Crippen LogP contribution in [0, 0.1) is 16.7 Å². The summed E-state index contributed by atoms with van der Waals surface area (Å²) in [6, 6.07) is 19.3. The topological polar surface area (TPSA) is 75.2 Å². The van der Waals surface area contributed by atoms with E-state index in [2.05, 4.69) is 6.07 Å². The van der Waals surface area contributed by atoms with Gasteiger partial charge in [-0.1, -0.05) is 48.5 Å². The second kappa shape index (κ2) is 6.50. The Kier molecular flexibility index (Phi) is 4.24. The molecule has 5 nitrogen and oxygen atoms in total. The number of aliphatic hydroxyl groups is 1. The van der Waals surface area contributed by atoms with Gasteiger partial charge in [-0.15, -0.1) is 0 Å². The lowest BCUT2D eigenvalue weighted by atomic mass is 9.66. The lowest BCUT2D eigenvalue weighted by Crippen LogP contribution is -2.50. The molecule has 0 fully saturated rings. The Labute approximate surface area is 163 Å². The van der Waals surface area contributed by atoms with Crippen molar-refractivity contribution in [3.8, 4) is 6.07 Å². The van der Waals surface area contributed by atoms with Crippen LogP contribution in [0.15, 0.2) is 54.6 Å². The quantitative estimate of drug-likeness (QED) is 0.710. The van der Waals surface area contributed by atoms with E-state index in [0.717, 1.165) is 16.5 Å². The third kappa shape index (κ3) is 2.18. The summed E-state index contributed by atoms with van der Waals surface area (Å²) in [6.07, 6.45) is 0.685. The maximum atomic E-state index is 13.1. The highest BCUT2D eigenvalue weighted by molar-refractivity contribution is 5.91. The summed E-state index contributed by atoms with van der Waals surface area (Å²) >= 11 is 0. The van der Waals surface area contributed by atoms with Crippen molar-refractivity contribution < 1.29 is 14.6 Å². The van der Waals surface area contributed by atoms with Crippen molar-refractivity contribution in [1.29, 1.82) is 5.26 Å². The summed E-state index contributed by atoms with van der Waals surface area (Å²) in [5.41, 5.74) is 0.409. The van der Waals surface area contributed by atoms with Crippen LogP contribution < -0.4 is 0 Å². The Morgan fingerprint density at radius 1 is 1.21 bits per heavy atom. The molecule has 1 heterocycles. The number of nitriles is 1. The summed E-state index contributed by atoms with van der Waals surface area (Å²) < 4.78 is 7.15. The summed E-state index contributed by atoms with van der Waals surface area (Å²) in [7, 11) is 3.25. The lowest BCUT2D eigenvalue weighted by molar-refractivity contribution is -0.168. The van der Waals surface area contributed by atoms with Crippen molar-refractivity contribution in [1.82, 2.24) is 4.57 Å². The van der Waals surface area contributed by atoms with E-state index in [1.54, 1.807) is 0 Å². The number of ether oxygens (including phenoxy) is 1. The van der Waals surface area contributed by atoms with Gasteiger partial charge in [0.2, 0.25) is 0 Å². The molecule has 1 N–H and O–H groups in total. The van der Waals surface area contributed by atoms with Crippen LogP contribution in [0.3, 0.4) is 0 Å². The summed E-state index contributed by atoms with van der Waals surface area (Å²) in [5, 5.41) is 22.6. The van der Waals surface area contributed by atoms with E-state index < -0.39 is 17.0 Å². The molecule has 0 spiro atoms. The molecule has 1 aromatic heterocycles. The smallest absolute Gasteiger partial charge is 0.315 e. The second-order valence-corrected chi connectivity index (χ2v) is 7.39. The van der Waals surface area contributed by atoms with Crippen LogP contribution in [0.1, 0.15) is 29.7 Å². The molecule has 0 aliphatic heterocycles. The van der Waals surface area contributed by atoms with E-state index in [1.807, 2.05) is 66.2 Å². The van der Waals surface area contributed by atoms with Gasteiger partial charge in [-0.3, -0.25) is 4.79 Å². The fourth-order valence-electron chi connectivity index (χ4n) is 4.92. The molecule has 0 radical (unpaired) electrons. The normalized spacial score (nSPS) is 23.4. The van der Waals surface area contributed by atoms with E-state index >= 15 is 0 Å². The number of benzene rings is 2. The average molecular weight is 374 g/mol. The number of aryl methyl sites for hydroxylation is 1. The number of methoxy groups -OCH3 is 1. The Morgan fingerprint density at radius 3 is 2.57 bits per heavy atom. The van der Waals surface area contributed by atoms with E-state index in [0.29, 0.717) is 17.7 Å². The molecule has 5 heteroatoms. The van der Waals surface area contributed by atoms with Gasteiger partial charge in [0.15, 0.2) is 0 Å². The van der Waals surface area contributed by atoms with Gasteiger partial charge in [-0.25, -0.2) is 0 Å². The molecule has 0 saturated carbocycles. The van der Waals surface area contributed by atoms with E-state index in [4.69, 9.17) is 4.74 Å². The lowest BCUT2D eigenvalue weighted by Gasteiger charge is -2.41. The standard InChI is InChI=1S/C23H22N2O3/c1-25-19-12-7-6-11-17(19)18-15-22(13-8-14-24,21(26)28-2)23(27,20(18)25)16-9-4-3-5-10-16/h3-7,9-12,27H,8,13,15H2,1-2H3/t22-,23+/m0/s1. The third-order valence-electron chi connectivity index (χ3n) is 6.16. The Bertz CT molecular complexity index is 1100. The number of esters is 1. The Hall–Kier alpha value is -3.10. The number of carbonyl (C=O) groups excluding carboxylic acids is 1. The molecule has 28 heavy (non-hydrogen) atoms. The zero-order valence-electron chi connectivity index (χ0n) is 16.0. The molecule has 142 valence electrons. The number of carbonyl (C=O) groups is 1. The molecular formula is C23H22N2O3. The first kappa shape index (κ1) is 18.3. The van der Waals surface area contributed by atoms with Gasteiger partial charge in [0.25, 0.3) is 0 Å². The predicted molar refractivity (Wildman–Crippen MR) is 105 cm³/mol. The first-order valence-corrected chi connectivity index (χ1v) is 9.31. The first-order chi connectivity index (χ1) is 13.5. The SMILES string of the molecule is COC(=O)[C@]1(CCC#N)Cc2c(n(C)c3ccccc23)[C@]1(O)c1ccccc1. The van der Waals surface area contributed by atoms with Gasteiger partial charge in [0, 0.05) is 24.4 Å². The van der Waals surface area contributed by atoms with Crippen LogP contribution in [0.25, 0.3) is 10.9 Å². The summed E-state index contributed by atoms with van der Waals surface area (Å²) in [5.74, 6) is -0.491. The third-order valence-corrected chi connectivity index (χ3v) is 6.16. The van der Waals surface area contributed by atoms with Crippen molar-refractivity contribution in [3.63, 3.8) is 0 Å². The molecule has 0 unspecified atom stereocenters. The molecule has 2 aromatic carbocycles. The molecule has 2 atom stereocenters. The molecule has 0 bridgehead atoms. The largest absolute Gasteiger partial charge is 0.468 e. The summed E-state index contributed by atoms with van der Waals surface area (Å²) in [4.78, 5) is 13.1. The zero-order valence-corrected chi connectivity index (χ0v) is 16.0. The number of hydrogen-bond acceptors (Lipinski definition) is 4. The monoisotopic (exact) mass is 374 g/mol. The number of rotatable bonds is 4. The van der Waals surface area contributed by atoms with Gasteiger partial charge in [0.1, 0.15) is 11.0 Å². The van der Waals surface area contributed by atoms with E-state index in [-0.39, 0.29) is 12.8 Å². The minimum atomic E-state index is -1.60. The molecular weight excluding hydrogens is 352 g/mol.